The molecule has 0 unspecified atom stereocenters. The molecule has 1 nitrogen and oxygen atoms in total. The molecule has 0 fully saturated rings. The van der Waals surface area contributed by atoms with E-state index in [1.165, 1.54) is 11.1 Å². The molecule has 0 aliphatic heterocycles. The minimum Gasteiger partial charge on any atom is -0.251 e. The molecule has 0 radical (unpaired) electrons. The van der Waals surface area contributed by atoms with Crippen molar-refractivity contribution in [2.45, 2.75) is 20.8 Å². The number of aromatic nitrogens is 1. The van der Waals surface area contributed by atoms with Gasteiger partial charge in [0.25, 0.3) is 0 Å². The average Bonchev–Trinajstić information content (AvgIpc) is 2.13. The normalized spacial score (nSPS) is 11.0. The van der Waals surface area contributed by atoms with Crippen LogP contribution in [0.4, 0.5) is 0 Å². The van der Waals surface area contributed by atoms with E-state index < -0.39 is 0 Å². The van der Waals surface area contributed by atoms with Gasteiger partial charge in [-0.3, -0.25) is 4.98 Å². The van der Waals surface area contributed by atoms with Gasteiger partial charge in [-0.1, -0.05) is 17.7 Å². The molecule has 0 saturated heterocycles. The summed E-state index contributed by atoms with van der Waals surface area (Å²) < 4.78 is 0.948. The predicted molar refractivity (Wildman–Crippen MR) is 68.7 cm³/mol. The van der Waals surface area contributed by atoms with E-state index >= 15 is 0 Å². The van der Waals surface area contributed by atoms with Gasteiger partial charge in [0.15, 0.2) is 0 Å². The van der Waals surface area contributed by atoms with E-state index in [0.717, 1.165) is 21.1 Å². The predicted octanol–water partition coefficient (Wildman–Crippen LogP) is 4.58. The summed E-state index contributed by atoms with van der Waals surface area (Å²) in [5.41, 5.74) is 4.29. The van der Waals surface area contributed by atoms with Crippen LogP contribution in [-0.4, -0.2) is 4.98 Å². The van der Waals surface area contributed by atoms with Crippen molar-refractivity contribution in [1.29, 1.82) is 0 Å². The maximum Gasteiger partial charge on any atom is 0.0767 e. The summed E-state index contributed by atoms with van der Waals surface area (Å²) in [5, 5.41) is 1.81. The fraction of sp³-hybridized carbons (Fsp3) is 0.250. The molecule has 2 aromatic rings. The second kappa shape index (κ2) is 3.76. The van der Waals surface area contributed by atoms with Gasteiger partial charge in [0.05, 0.1) is 16.2 Å². The van der Waals surface area contributed by atoms with Crippen molar-refractivity contribution in [2.75, 3.05) is 0 Å². The second-order valence-electron chi connectivity index (χ2n) is 3.80. The fourth-order valence-electron chi connectivity index (χ4n) is 1.82. The van der Waals surface area contributed by atoms with E-state index in [9.17, 15) is 0 Å². The van der Waals surface area contributed by atoms with Crippen LogP contribution >= 0.6 is 27.5 Å². The number of fused-ring (bicyclic) bond motifs is 1. The van der Waals surface area contributed by atoms with Gasteiger partial charge >= 0.3 is 0 Å². The molecule has 0 aliphatic rings. The largest absolute Gasteiger partial charge is 0.251 e. The Balaban J connectivity index is 2.99. The molecule has 2 rings (SSSR count). The van der Waals surface area contributed by atoms with Crippen molar-refractivity contribution in [1.82, 2.24) is 4.98 Å². The zero-order valence-electron chi connectivity index (χ0n) is 8.86. The molecule has 0 saturated carbocycles. The molecular formula is C12H11BrClN. The molecule has 78 valence electrons. The standard InChI is InChI=1S/C12H11BrClN/c1-6-4-7(2)10-9(5-6)15-8(3)12(14)11(10)13/h4-5H,1-3H3. The van der Waals surface area contributed by atoms with Gasteiger partial charge in [-0.25, -0.2) is 0 Å². The van der Waals surface area contributed by atoms with Crippen LogP contribution in [0.15, 0.2) is 16.6 Å². The summed E-state index contributed by atoms with van der Waals surface area (Å²) in [7, 11) is 0. The second-order valence-corrected chi connectivity index (χ2v) is 4.97. The molecular weight excluding hydrogens is 273 g/mol. The number of rotatable bonds is 0. The molecule has 1 aromatic carbocycles. The summed E-state index contributed by atoms with van der Waals surface area (Å²) in [4.78, 5) is 4.50. The molecule has 0 spiro atoms. The lowest BCUT2D eigenvalue weighted by atomic mass is 10.1. The third-order valence-corrected chi connectivity index (χ3v) is 3.96. The van der Waals surface area contributed by atoms with Gasteiger partial charge in [-0.15, -0.1) is 0 Å². The van der Waals surface area contributed by atoms with E-state index in [1.54, 1.807) is 0 Å². The fourth-order valence-corrected chi connectivity index (χ4v) is 2.76. The zero-order valence-corrected chi connectivity index (χ0v) is 11.2. The Labute approximate surface area is 103 Å². The van der Waals surface area contributed by atoms with Crippen LogP contribution in [0.25, 0.3) is 10.9 Å². The summed E-state index contributed by atoms with van der Waals surface area (Å²) in [6.07, 6.45) is 0. The average molecular weight is 285 g/mol. The first-order valence-electron chi connectivity index (χ1n) is 4.73. The van der Waals surface area contributed by atoms with Crippen molar-refractivity contribution in [2.24, 2.45) is 0 Å². The highest BCUT2D eigenvalue weighted by atomic mass is 79.9. The third-order valence-electron chi connectivity index (χ3n) is 2.48. The number of benzene rings is 1. The minimum absolute atomic E-state index is 0.703. The van der Waals surface area contributed by atoms with E-state index in [1.807, 2.05) is 6.92 Å². The highest BCUT2D eigenvalue weighted by Gasteiger charge is 2.10. The Morgan fingerprint density at radius 3 is 2.53 bits per heavy atom. The highest BCUT2D eigenvalue weighted by molar-refractivity contribution is 9.10. The van der Waals surface area contributed by atoms with Gasteiger partial charge in [0.2, 0.25) is 0 Å². The van der Waals surface area contributed by atoms with Crippen molar-refractivity contribution < 1.29 is 0 Å². The van der Waals surface area contributed by atoms with Crippen LogP contribution in [0.1, 0.15) is 16.8 Å². The van der Waals surface area contributed by atoms with E-state index in [0.29, 0.717) is 5.02 Å². The van der Waals surface area contributed by atoms with Gasteiger partial charge < -0.3 is 0 Å². The van der Waals surface area contributed by atoms with Crippen molar-refractivity contribution in [3.8, 4) is 0 Å². The Kier molecular flexibility index (Phi) is 2.73. The Hall–Kier alpha value is -0.600. The molecule has 1 aromatic heterocycles. The molecule has 0 bridgehead atoms. The van der Waals surface area contributed by atoms with Crippen LogP contribution in [0, 0.1) is 20.8 Å². The first-order valence-corrected chi connectivity index (χ1v) is 5.90. The van der Waals surface area contributed by atoms with Crippen LogP contribution in [0.3, 0.4) is 0 Å². The topological polar surface area (TPSA) is 12.9 Å². The number of hydrogen-bond donors (Lipinski definition) is 0. The van der Waals surface area contributed by atoms with Crippen molar-refractivity contribution in [3.63, 3.8) is 0 Å². The van der Waals surface area contributed by atoms with Crippen molar-refractivity contribution >= 4 is 38.4 Å². The Bertz CT molecular complexity index is 549. The van der Waals surface area contributed by atoms with Crippen molar-refractivity contribution in [3.05, 3.63) is 38.4 Å². The lowest BCUT2D eigenvalue weighted by Gasteiger charge is -2.09. The SMILES string of the molecule is Cc1cc(C)c2c(Br)c(Cl)c(C)nc2c1. The summed E-state index contributed by atoms with van der Waals surface area (Å²) in [6.45, 7) is 6.07. The van der Waals surface area contributed by atoms with Crippen LogP contribution in [0.2, 0.25) is 5.02 Å². The molecule has 1 heterocycles. The summed E-state index contributed by atoms with van der Waals surface area (Å²) in [5.74, 6) is 0. The number of hydrogen-bond acceptors (Lipinski definition) is 1. The van der Waals surface area contributed by atoms with Gasteiger partial charge in [0.1, 0.15) is 0 Å². The highest BCUT2D eigenvalue weighted by Crippen LogP contribution is 2.34. The Morgan fingerprint density at radius 1 is 1.20 bits per heavy atom. The van der Waals surface area contributed by atoms with E-state index in [-0.39, 0.29) is 0 Å². The van der Waals surface area contributed by atoms with Crippen LogP contribution in [-0.2, 0) is 0 Å². The lowest BCUT2D eigenvalue weighted by Crippen LogP contribution is -1.91. The molecule has 3 heteroatoms. The van der Waals surface area contributed by atoms with Crippen LogP contribution < -0.4 is 0 Å². The zero-order chi connectivity index (χ0) is 11.2. The van der Waals surface area contributed by atoms with Gasteiger partial charge in [-0.2, -0.15) is 0 Å². The van der Waals surface area contributed by atoms with Crippen LogP contribution in [0.5, 0.6) is 0 Å². The number of aryl methyl sites for hydroxylation is 3. The number of nitrogens with zero attached hydrogens (tertiary/aromatic N) is 1. The lowest BCUT2D eigenvalue weighted by molar-refractivity contribution is 1.24. The van der Waals surface area contributed by atoms with Gasteiger partial charge in [0, 0.05) is 9.86 Å². The molecule has 0 N–H and O–H groups in total. The number of pyridine rings is 1. The Morgan fingerprint density at radius 2 is 1.87 bits per heavy atom. The van der Waals surface area contributed by atoms with E-state index in [2.05, 4.69) is 46.9 Å². The third kappa shape index (κ3) is 1.77. The van der Waals surface area contributed by atoms with Gasteiger partial charge in [-0.05, 0) is 53.9 Å². The first-order chi connectivity index (χ1) is 7.00. The summed E-state index contributed by atoms with van der Waals surface area (Å²) >= 11 is 9.69. The van der Waals surface area contributed by atoms with E-state index in [4.69, 9.17) is 11.6 Å². The minimum atomic E-state index is 0.703. The molecule has 0 amide bonds. The number of halogens is 2. The smallest absolute Gasteiger partial charge is 0.0767 e. The summed E-state index contributed by atoms with van der Waals surface area (Å²) in [6, 6.07) is 4.22. The first kappa shape index (κ1) is 10.9. The molecule has 0 aliphatic carbocycles. The maximum atomic E-state index is 6.16. The monoisotopic (exact) mass is 283 g/mol. The molecule has 0 atom stereocenters. The molecule has 15 heavy (non-hydrogen) atoms. The maximum absolute atomic E-state index is 6.16. The quantitative estimate of drug-likeness (QED) is 0.690.